The molecule has 1 amide bonds. The van der Waals surface area contributed by atoms with E-state index in [4.69, 9.17) is 10.8 Å². The van der Waals surface area contributed by atoms with Crippen LogP contribution in [0.25, 0.3) is 0 Å². The number of hydrazine groups is 1. The number of thiazole rings is 1. The third-order valence-corrected chi connectivity index (χ3v) is 4.95. The van der Waals surface area contributed by atoms with Crippen molar-refractivity contribution in [2.45, 2.75) is 44.4 Å². The van der Waals surface area contributed by atoms with E-state index in [1.54, 1.807) is 0 Å². The van der Waals surface area contributed by atoms with Crippen LogP contribution in [0.5, 0.6) is 0 Å². The third-order valence-electron chi connectivity index (χ3n) is 3.82. The molecule has 0 radical (unpaired) electrons. The second-order valence-corrected chi connectivity index (χ2v) is 6.34. The van der Waals surface area contributed by atoms with Crippen LogP contribution in [0.15, 0.2) is 0 Å². The first-order valence-electron chi connectivity index (χ1n) is 7.06. The zero-order valence-electron chi connectivity index (χ0n) is 11.0. The Morgan fingerprint density at radius 3 is 2.53 bits per heavy atom. The molecule has 0 atom stereocenters. The molecular formula is C13H20N4OS. The van der Waals surface area contributed by atoms with E-state index in [9.17, 15) is 4.79 Å². The second-order valence-electron chi connectivity index (χ2n) is 5.36. The zero-order chi connectivity index (χ0) is 13.2. The predicted octanol–water partition coefficient (Wildman–Crippen LogP) is 2.00. The highest BCUT2D eigenvalue weighted by atomic mass is 32.1. The summed E-state index contributed by atoms with van der Waals surface area (Å²) in [7, 11) is 0. The lowest BCUT2D eigenvalue weighted by atomic mass is 10.2. The lowest BCUT2D eigenvalue weighted by molar-refractivity contribution is 0.0956. The van der Waals surface area contributed by atoms with Crippen molar-refractivity contribution < 1.29 is 4.79 Å². The molecule has 1 aliphatic heterocycles. The van der Waals surface area contributed by atoms with Gasteiger partial charge in [-0.3, -0.25) is 10.2 Å². The van der Waals surface area contributed by atoms with Crippen molar-refractivity contribution in [3.63, 3.8) is 0 Å². The van der Waals surface area contributed by atoms with Crippen LogP contribution in [0.1, 0.15) is 59.8 Å². The summed E-state index contributed by atoms with van der Waals surface area (Å²) >= 11 is 1.50. The van der Waals surface area contributed by atoms with Gasteiger partial charge in [0.25, 0.3) is 5.91 Å². The maximum atomic E-state index is 11.8. The molecule has 1 aliphatic carbocycles. The predicted molar refractivity (Wildman–Crippen MR) is 76.4 cm³/mol. The van der Waals surface area contributed by atoms with Gasteiger partial charge in [-0.25, -0.2) is 10.8 Å². The number of rotatable bonds is 3. The van der Waals surface area contributed by atoms with E-state index in [0.717, 1.165) is 36.8 Å². The van der Waals surface area contributed by atoms with Gasteiger partial charge < -0.3 is 4.90 Å². The van der Waals surface area contributed by atoms with Crippen molar-refractivity contribution in [1.82, 2.24) is 10.4 Å². The van der Waals surface area contributed by atoms with Gasteiger partial charge in [0, 0.05) is 19.0 Å². The maximum Gasteiger partial charge on any atom is 0.277 e. The summed E-state index contributed by atoms with van der Waals surface area (Å²) in [6.07, 6.45) is 7.33. The van der Waals surface area contributed by atoms with Gasteiger partial charge in [0.1, 0.15) is 4.88 Å². The standard InChI is InChI=1S/C13H20N4OS/c14-16-12(18)11-10(9-5-6-9)15-13(19-11)17-7-3-1-2-4-8-17/h9H,1-8,14H2,(H,16,18). The van der Waals surface area contributed by atoms with Crippen molar-refractivity contribution in [3.8, 4) is 0 Å². The Hall–Kier alpha value is -1.14. The SMILES string of the molecule is NNC(=O)c1sc(N2CCCCCC2)nc1C1CC1. The molecule has 2 fully saturated rings. The molecule has 3 rings (SSSR count). The van der Waals surface area contributed by atoms with Crippen LogP contribution in [-0.2, 0) is 0 Å². The van der Waals surface area contributed by atoms with Crippen molar-refractivity contribution in [2.75, 3.05) is 18.0 Å². The van der Waals surface area contributed by atoms with Gasteiger partial charge in [0.2, 0.25) is 0 Å². The lowest BCUT2D eigenvalue weighted by Gasteiger charge is -2.18. The Morgan fingerprint density at radius 2 is 1.95 bits per heavy atom. The number of nitrogens with zero attached hydrogens (tertiary/aromatic N) is 2. The topological polar surface area (TPSA) is 71.2 Å². The molecule has 0 unspecified atom stereocenters. The minimum atomic E-state index is -0.194. The molecule has 2 aliphatic rings. The summed E-state index contributed by atoms with van der Waals surface area (Å²) < 4.78 is 0. The minimum absolute atomic E-state index is 0.194. The van der Waals surface area contributed by atoms with Gasteiger partial charge >= 0.3 is 0 Å². The Bertz CT molecular complexity index is 461. The van der Waals surface area contributed by atoms with Crippen LogP contribution in [0.2, 0.25) is 0 Å². The summed E-state index contributed by atoms with van der Waals surface area (Å²) in [5, 5.41) is 1.00. The molecule has 1 aromatic heterocycles. The number of carbonyl (C=O) groups is 1. The van der Waals surface area contributed by atoms with E-state index in [-0.39, 0.29) is 5.91 Å². The molecule has 3 N–H and O–H groups in total. The Balaban J connectivity index is 1.86. The number of nitrogens with one attached hydrogen (secondary N) is 1. The van der Waals surface area contributed by atoms with Crippen LogP contribution in [-0.4, -0.2) is 24.0 Å². The zero-order valence-corrected chi connectivity index (χ0v) is 11.8. The summed E-state index contributed by atoms with van der Waals surface area (Å²) in [5.74, 6) is 5.55. The Morgan fingerprint density at radius 1 is 1.26 bits per heavy atom. The van der Waals surface area contributed by atoms with Crippen molar-refractivity contribution in [2.24, 2.45) is 5.84 Å². The van der Waals surface area contributed by atoms with Crippen LogP contribution in [0, 0.1) is 0 Å². The van der Waals surface area contributed by atoms with E-state index in [0.29, 0.717) is 10.8 Å². The van der Waals surface area contributed by atoms with Gasteiger partial charge in [0.15, 0.2) is 5.13 Å². The third kappa shape index (κ3) is 2.74. The van der Waals surface area contributed by atoms with E-state index < -0.39 is 0 Å². The van der Waals surface area contributed by atoms with Crippen LogP contribution in [0.4, 0.5) is 5.13 Å². The summed E-state index contributed by atoms with van der Waals surface area (Å²) in [4.78, 5) is 19.6. The minimum Gasteiger partial charge on any atom is -0.348 e. The number of anilines is 1. The van der Waals surface area contributed by atoms with Crippen LogP contribution in [0.3, 0.4) is 0 Å². The number of hydrogen-bond donors (Lipinski definition) is 2. The quantitative estimate of drug-likeness (QED) is 0.505. The number of aromatic nitrogens is 1. The molecule has 0 bridgehead atoms. The van der Waals surface area contributed by atoms with Gasteiger partial charge in [0.05, 0.1) is 5.69 Å². The number of hydrogen-bond acceptors (Lipinski definition) is 5. The molecule has 0 aromatic carbocycles. The summed E-state index contributed by atoms with van der Waals surface area (Å²) in [6, 6.07) is 0. The van der Waals surface area contributed by atoms with E-state index in [1.807, 2.05) is 0 Å². The first kappa shape index (κ1) is 12.9. The molecule has 5 nitrogen and oxygen atoms in total. The van der Waals surface area contributed by atoms with Gasteiger partial charge in [-0.05, 0) is 25.7 Å². The first-order chi connectivity index (χ1) is 9.29. The highest BCUT2D eigenvalue weighted by Gasteiger charge is 2.32. The molecule has 1 aromatic rings. The smallest absolute Gasteiger partial charge is 0.277 e. The molecule has 1 saturated carbocycles. The van der Waals surface area contributed by atoms with Crippen molar-refractivity contribution in [3.05, 3.63) is 10.6 Å². The summed E-state index contributed by atoms with van der Waals surface area (Å²) in [5.41, 5.74) is 3.21. The van der Waals surface area contributed by atoms with Crippen molar-refractivity contribution >= 4 is 22.4 Å². The summed E-state index contributed by atoms with van der Waals surface area (Å²) in [6.45, 7) is 2.11. The van der Waals surface area contributed by atoms with Crippen LogP contribution >= 0.6 is 11.3 Å². The lowest BCUT2D eigenvalue weighted by Crippen LogP contribution is -2.30. The molecule has 2 heterocycles. The molecule has 0 spiro atoms. The molecule has 1 saturated heterocycles. The average Bonchev–Trinajstić information content (AvgIpc) is 3.23. The molecule has 104 valence electrons. The number of amides is 1. The second kappa shape index (κ2) is 5.46. The highest BCUT2D eigenvalue weighted by Crippen LogP contribution is 2.44. The molecule has 19 heavy (non-hydrogen) atoms. The average molecular weight is 280 g/mol. The maximum absolute atomic E-state index is 11.8. The van der Waals surface area contributed by atoms with Gasteiger partial charge in [-0.15, -0.1) is 0 Å². The van der Waals surface area contributed by atoms with Crippen LogP contribution < -0.4 is 16.2 Å². The monoisotopic (exact) mass is 280 g/mol. The number of nitrogen functional groups attached to an aromatic ring is 1. The number of nitrogens with two attached hydrogens (primary N) is 1. The van der Waals surface area contributed by atoms with E-state index in [2.05, 4.69) is 10.3 Å². The molecular weight excluding hydrogens is 260 g/mol. The Kier molecular flexibility index (Phi) is 3.70. The normalized spacial score (nSPS) is 20.2. The van der Waals surface area contributed by atoms with E-state index in [1.165, 1.54) is 37.0 Å². The van der Waals surface area contributed by atoms with E-state index >= 15 is 0 Å². The molecule has 6 heteroatoms. The fourth-order valence-corrected chi connectivity index (χ4v) is 3.69. The number of carbonyl (C=O) groups excluding carboxylic acids is 1. The first-order valence-corrected chi connectivity index (χ1v) is 7.88. The Labute approximate surface area is 117 Å². The van der Waals surface area contributed by atoms with Crippen molar-refractivity contribution in [1.29, 1.82) is 0 Å². The largest absolute Gasteiger partial charge is 0.348 e. The van der Waals surface area contributed by atoms with Gasteiger partial charge in [-0.1, -0.05) is 24.2 Å². The fourth-order valence-electron chi connectivity index (χ4n) is 2.58. The highest BCUT2D eigenvalue weighted by molar-refractivity contribution is 7.17. The van der Waals surface area contributed by atoms with Gasteiger partial charge in [-0.2, -0.15) is 0 Å². The fraction of sp³-hybridized carbons (Fsp3) is 0.692.